The first-order valence-corrected chi connectivity index (χ1v) is 22.2. The minimum absolute atomic E-state index is 0.438. The van der Waals surface area contributed by atoms with Crippen LogP contribution in [0.2, 0.25) is 0 Å². The summed E-state index contributed by atoms with van der Waals surface area (Å²) in [6, 6.07) is 85.3. The van der Waals surface area contributed by atoms with Gasteiger partial charge in [0, 0.05) is 50.5 Å². The molecule has 0 unspecified atom stereocenters. The van der Waals surface area contributed by atoms with Gasteiger partial charge >= 0.3 is 0 Å². The van der Waals surface area contributed by atoms with Crippen LogP contribution in [0.5, 0.6) is 0 Å². The Balaban J connectivity index is 0.982. The van der Waals surface area contributed by atoms with Crippen molar-refractivity contribution < 1.29 is 0 Å². The van der Waals surface area contributed by atoms with Crippen molar-refractivity contribution in [1.29, 1.82) is 0 Å². The van der Waals surface area contributed by atoms with E-state index in [-0.39, 0.29) is 0 Å². The third kappa shape index (κ3) is 4.70. The Morgan fingerprint density at radius 3 is 1.67 bits per heavy atom. The molecule has 0 atom stereocenters. The first-order chi connectivity index (χ1) is 31.8. The van der Waals surface area contributed by atoms with E-state index in [9.17, 15) is 0 Å². The molecular formula is C61H39N3. The number of anilines is 3. The zero-order chi connectivity index (χ0) is 41.9. The fourth-order valence-corrected chi connectivity index (χ4v) is 11.5. The molecule has 2 aliphatic carbocycles. The highest BCUT2D eigenvalue weighted by Crippen LogP contribution is 2.63. The molecule has 2 heterocycles. The lowest BCUT2D eigenvalue weighted by molar-refractivity contribution is 0.793. The average Bonchev–Trinajstić information content (AvgIpc) is 4.11. The van der Waals surface area contributed by atoms with Crippen LogP contribution in [-0.2, 0) is 5.41 Å². The highest BCUT2D eigenvalue weighted by Gasteiger charge is 2.51. The fraction of sp³-hybridized carbons (Fsp3) is 0.0164. The maximum absolute atomic E-state index is 2.49. The van der Waals surface area contributed by atoms with Gasteiger partial charge in [-0.1, -0.05) is 164 Å². The highest BCUT2D eigenvalue weighted by atomic mass is 15.1. The second-order valence-corrected chi connectivity index (χ2v) is 17.2. The van der Waals surface area contributed by atoms with Crippen molar-refractivity contribution in [2.45, 2.75) is 5.41 Å². The van der Waals surface area contributed by atoms with Crippen molar-refractivity contribution in [3.05, 3.63) is 259 Å². The van der Waals surface area contributed by atoms with Crippen molar-refractivity contribution >= 4 is 60.5 Å². The van der Waals surface area contributed by atoms with E-state index < -0.39 is 5.41 Å². The third-order valence-corrected chi connectivity index (χ3v) is 14.1. The molecule has 12 aromatic rings. The molecule has 0 amide bonds. The molecule has 298 valence electrons. The van der Waals surface area contributed by atoms with Crippen LogP contribution in [0.25, 0.3) is 77.1 Å². The van der Waals surface area contributed by atoms with Crippen LogP contribution < -0.4 is 4.90 Å². The second-order valence-electron chi connectivity index (χ2n) is 17.2. The Kier molecular flexibility index (Phi) is 7.32. The summed E-state index contributed by atoms with van der Waals surface area (Å²) in [5.74, 6) is 0. The second kappa shape index (κ2) is 13.3. The summed E-state index contributed by atoms with van der Waals surface area (Å²) < 4.78 is 4.80. The lowest BCUT2D eigenvalue weighted by Gasteiger charge is -2.32. The molecule has 3 nitrogen and oxygen atoms in total. The molecule has 2 aliphatic rings. The van der Waals surface area contributed by atoms with E-state index in [0.29, 0.717) is 0 Å². The lowest BCUT2D eigenvalue weighted by atomic mass is 9.70. The molecule has 0 aliphatic heterocycles. The van der Waals surface area contributed by atoms with Crippen LogP contribution >= 0.6 is 0 Å². The summed E-state index contributed by atoms with van der Waals surface area (Å²) in [6.45, 7) is 0. The SMILES string of the molecule is c1ccc(-n2c3ccccc3c3ccc4ccn(-c5ccc(N(c6ccc7c(c6)C6(c8ccccc8-c8ccccc86)c6ccccc6-7)c6cccc7ccccc67)cc5)c4c32)cc1. The highest BCUT2D eigenvalue weighted by molar-refractivity contribution is 6.18. The number of aromatic nitrogens is 2. The van der Waals surface area contributed by atoms with E-state index in [0.717, 1.165) is 28.4 Å². The molecule has 0 radical (unpaired) electrons. The maximum Gasteiger partial charge on any atom is 0.0788 e. The minimum atomic E-state index is -0.438. The van der Waals surface area contributed by atoms with Crippen LogP contribution in [0.15, 0.2) is 237 Å². The first-order valence-electron chi connectivity index (χ1n) is 22.2. The number of para-hydroxylation sites is 2. The van der Waals surface area contributed by atoms with Gasteiger partial charge in [-0.3, -0.25) is 0 Å². The van der Waals surface area contributed by atoms with Gasteiger partial charge in [-0.25, -0.2) is 0 Å². The van der Waals surface area contributed by atoms with Crippen LogP contribution in [0.1, 0.15) is 22.3 Å². The van der Waals surface area contributed by atoms with Gasteiger partial charge < -0.3 is 14.0 Å². The van der Waals surface area contributed by atoms with Crippen molar-refractivity contribution in [3.8, 4) is 33.6 Å². The summed E-state index contributed by atoms with van der Waals surface area (Å²) >= 11 is 0. The van der Waals surface area contributed by atoms with E-state index >= 15 is 0 Å². The number of benzene rings is 10. The van der Waals surface area contributed by atoms with Crippen LogP contribution in [0, 0.1) is 0 Å². The summed E-state index contributed by atoms with van der Waals surface area (Å²) in [7, 11) is 0. The average molecular weight is 814 g/mol. The molecule has 64 heavy (non-hydrogen) atoms. The largest absolute Gasteiger partial charge is 0.315 e. The van der Waals surface area contributed by atoms with Crippen LogP contribution in [0.3, 0.4) is 0 Å². The van der Waals surface area contributed by atoms with Crippen molar-refractivity contribution in [2.24, 2.45) is 0 Å². The number of rotatable bonds is 5. The molecular weight excluding hydrogens is 775 g/mol. The molecule has 1 spiro atoms. The minimum Gasteiger partial charge on any atom is -0.315 e. The molecule has 0 fully saturated rings. The fourth-order valence-electron chi connectivity index (χ4n) is 11.5. The summed E-state index contributed by atoms with van der Waals surface area (Å²) in [5, 5.41) is 6.12. The Hall–Kier alpha value is -8.40. The van der Waals surface area contributed by atoms with Gasteiger partial charge in [0.2, 0.25) is 0 Å². The first kappa shape index (κ1) is 35.2. The summed E-state index contributed by atoms with van der Waals surface area (Å²) in [4.78, 5) is 2.47. The number of hydrogen-bond acceptors (Lipinski definition) is 1. The zero-order valence-corrected chi connectivity index (χ0v) is 34.9. The summed E-state index contributed by atoms with van der Waals surface area (Å²) in [5.41, 5.74) is 19.4. The maximum atomic E-state index is 2.49. The molecule has 0 saturated carbocycles. The monoisotopic (exact) mass is 813 g/mol. The van der Waals surface area contributed by atoms with Crippen molar-refractivity contribution in [3.63, 3.8) is 0 Å². The molecule has 0 bridgehead atoms. The predicted octanol–water partition coefficient (Wildman–Crippen LogP) is 15.7. The lowest BCUT2D eigenvalue weighted by Crippen LogP contribution is -2.26. The quantitative estimate of drug-likeness (QED) is 0.169. The summed E-state index contributed by atoms with van der Waals surface area (Å²) in [6.07, 6.45) is 2.23. The predicted molar refractivity (Wildman–Crippen MR) is 266 cm³/mol. The van der Waals surface area contributed by atoms with E-state index in [2.05, 4.69) is 251 Å². The van der Waals surface area contributed by atoms with Gasteiger partial charge in [-0.2, -0.15) is 0 Å². The number of fused-ring (bicyclic) bond motifs is 16. The van der Waals surface area contributed by atoms with Crippen LogP contribution in [0.4, 0.5) is 17.1 Å². The third-order valence-electron chi connectivity index (χ3n) is 14.1. The smallest absolute Gasteiger partial charge is 0.0788 e. The molecule has 14 rings (SSSR count). The zero-order valence-electron chi connectivity index (χ0n) is 34.9. The molecule has 0 N–H and O–H groups in total. The van der Waals surface area contributed by atoms with Gasteiger partial charge in [-0.05, 0) is 117 Å². The van der Waals surface area contributed by atoms with Gasteiger partial charge in [0.25, 0.3) is 0 Å². The Morgan fingerprint density at radius 1 is 0.344 bits per heavy atom. The van der Waals surface area contributed by atoms with E-state index in [1.165, 1.54) is 88.0 Å². The Morgan fingerprint density at radius 2 is 0.938 bits per heavy atom. The topological polar surface area (TPSA) is 13.1 Å². The van der Waals surface area contributed by atoms with E-state index in [1.54, 1.807) is 0 Å². The normalized spacial score (nSPS) is 13.1. The Labute approximate surface area is 371 Å². The standard InChI is InChI=1S/C61H39N3/c1-2-17-43(18-3-1)64-58-27-13-9-23-51(58)52-35-29-41-37-38-62(59(41)60(52)64)42-30-32-44(33-31-42)63(57-28-14-16-40-15-4-5-19-46(40)57)45-34-36-50-49-22-8-12-26-55(49)61(56(50)39-45)53-24-10-6-20-47(53)48-21-7-11-25-54(48)61/h1-39H. The van der Waals surface area contributed by atoms with Gasteiger partial charge in [0.1, 0.15) is 0 Å². The van der Waals surface area contributed by atoms with Gasteiger partial charge in [0.15, 0.2) is 0 Å². The molecule has 0 saturated heterocycles. The van der Waals surface area contributed by atoms with E-state index in [1.807, 2.05) is 0 Å². The van der Waals surface area contributed by atoms with Gasteiger partial charge in [-0.15, -0.1) is 0 Å². The number of hydrogen-bond donors (Lipinski definition) is 0. The molecule has 10 aromatic carbocycles. The van der Waals surface area contributed by atoms with Crippen molar-refractivity contribution in [1.82, 2.24) is 9.13 Å². The van der Waals surface area contributed by atoms with Crippen LogP contribution in [-0.4, -0.2) is 9.13 Å². The Bertz CT molecular complexity index is 3780. The van der Waals surface area contributed by atoms with E-state index in [4.69, 9.17) is 0 Å². The van der Waals surface area contributed by atoms with Gasteiger partial charge in [0.05, 0.1) is 27.7 Å². The molecule has 3 heteroatoms. The van der Waals surface area contributed by atoms with Crippen molar-refractivity contribution in [2.75, 3.05) is 4.90 Å². The molecule has 2 aromatic heterocycles. The number of nitrogens with zero attached hydrogens (tertiary/aromatic N) is 3.